The molecule has 0 bridgehead atoms. The molecule has 1 unspecified atom stereocenters. The maximum Gasteiger partial charge on any atom is 0.245 e. The van der Waals surface area contributed by atoms with Crippen molar-refractivity contribution in [3.8, 4) is 11.4 Å². The molecule has 4 aromatic rings. The van der Waals surface area contributed by atoms with Crippen molar-refractivity contribution in [2.75, 3.05) is 18.8 Å². The molecule has 178 valence electrons. The maximum absolute atomic E-state index is 12.2. The Morgan fingerprint density at radius 1 is 1.26 bits per heavy atom. The zero-order chi connectivity index (χ0) is 24.4. The van der Waals surface area contributed by atoms with E-state index in [1.165, 1.54) is 12.4 Å². The fraction of sp³-hybridized carbons (Fsp3) is 0.240. The Morgan fingerprint density at radius 3 is 2.91 bits per heavy atom. The van der Waals surface area contributed by atoms with Gasteiger partial charge in [0, 0.05) is 25.2 Å². The Labute approximate surface area is 207 Å². The van der Waals surface area contributed by atoms with Crippen LogP contribution in [0.25, 0.3) is 16.7 Å². The number of likely N-dealkylation sites (tertiary alicyclic amines) is 1. The highest BCUT2D eigenvalue weighted by Crippen LogP contribution is 2.35. The van der Waals surface area contributed by atoms with Crippen molar-refractivity contribution < 1.29 is 9.53 Å². The van der Waals surface area contributed by atoms with E-state index in [1.54, 1.807) is 27.9 Å². The number of pyridine rings is 1. The zero-order valence-electron chi connectivity index (χ0n) is 19.0. The van der Waals surface area contributed by atoms with E-state index in [0.29, 0.717) is 53.0 Å². The summed E-state index contributed by atoms with van der Waals surface area (Å²) in [5, 5.41) is 5.32. The third-order valence-corrected chi connectivity index (χ3v) is 6.36. The van der Waals surface area contributed by atoms with Crippen molar-refractivity contribution in [2.24, 2.45) is 0 Å². The number of hydrogen-bond donors (Lipinski definition) is 1. The SMILES string of the molecule is C=CC(=O)N1CCCC(c2nn(-c3ccc(OCc4ccccn4)c(Cl)c3)c3c(N)ncnc23)C1. The van der Waals surface area contributed by atoms with Gasteiger partial charge in [0.25, 0.3) is 0 Å². The number of halogens is 1. The predicted octanol–water partition coefficient (Wildman–Crippen LogP) is 3.92. The number of nitrogens with zero attached hydrogens (tertiary/aromatic N) is 6. The second-order valence-corrected chi connectivity index (χ2v) is 8.71. The molecule has 9 nitrogen and oxygen atoms in total. The van der Waals surface area contributed by atoms with E-state index in [9.17, 15) is 4.79 Å². The van der Waals surface area contributed by atoms with E-state index in [1.807, 2.05) is 24.3 Å². The minimum absolute atomic E-state index is 0.0159. The van der Waals surface area contributed by atoms with Crippen molar-refractivity contribution in [2.45, 2.75) is 25.4 Å². The van der Waals surface area contributed by atoms with Crippen LogP contribution in [0.2, 0.25) is 5.02 Å². The molecule has 1 fully saturated rings. The summed E-state index contributed by atoms with van der Waals surface area (Å²) in [5.74, 6) is 0.783. The molecule has 3 aromatic heterocycles. The fourth-order valence-electron chi connectivity index (χ4n) is 4.36. The summed E-state index contributed by atoms with van der Waals surface area (Å²) in [6, 6.07) is 11.1. The minimum Gasteiger partial charge on any atom is -0.486 e. The molecule has 2 N–H and O–H groups in total. The number of nitrogens with two attached hydrogens (primary N) is 1. The van der Waals surface area contributed by atoms with Gasteiger partial charge < -0.3 is 15.4 Å². The largest absolute Gasteiger partial charge is 0.486 e. The molecule has 5 rings (SSSR count). The van der Waals surface area contributed by atoms with Gasteiger partial charge in [0.05, 0.1) is 22.1 Å². The van der Waals surface area contributed by atoms with Crippen LogP contribution in [0.5, 0.6) is 5.75 Å². The number of piperidine rings is 1. The number of amides is 1. The number of hydrogen-bond acceptors (Lipinski definition) is 7. The van der Waals surface area contributed by atoms with E-state index >= 15 is 0 Å². The van der Waals surface area contributed by atoms with Crippen LogP contribution >= 0.6 is 11.6 Å². The van der Waals surface area contributed by atoms with Crippen LogP contribution < -0.4 is 10.5 Å². The third-order valence-electron chi connectivity index (χ3n) is 6.07. The molecule has 0 radical (unpaired) electrons. The van der Waals surface area contributed by atoms with Gasteiger partial charge in [0.2, 0.25) is 5.91 Å². The first-order valence-electron chi connectivity index (χ1n) is 11.3. The first-order valence-corrected chi connectivity index (χ1v) is 11.7. The average molecular weight is 490 g/mol. The number of rotatable bonds is 6. The highest BCUT2D eigenvalue weighted by molar-refractivity contribution is 6.32. The zero-order valence-corrected chi connectivity index (χ0v) is 19.7. The van der Waals surface area contributed by atoms with E-state index < -0.39 is 0 Å². The molecular formula is C25H24ClN7O2. The van der Waals surface area contributed by atoms with E-state index in [4.69, 9.17) is 27.2 Å². The van der Waals surface area contributed by atoms with Crippen LogP contribution in [-0.4, -0.2) is 48.6 Å². The summed E-state index contributed by atoms with van der Waals surface area (Å²) in [4.78, 5) is 26.9. The molecule has 10 heteroatoms. The average Bonchev–Trinajstić information content (AvgIpc) is 3.29. The van der Waals surface area contributed by atoms with Crippen molar-refractivity contribution in [1.82, 2.24) is 29.6 Å². The van der Waals surface area contributed by atoms with Gasteiger partial charge in [-0.05, 0) is 49.2 Å². The van der Waals surface area contributed by atoms with Crippen LogP contribution in [-0.2, 0) is 11.4 Å². The van der Waals surface area contributed by atoms with Crippen molar-refractivity contribution in [3.63, 3.8) is 0 Å². The van der Waals surface area contributed by atoms with Crippen molar-refractivity contribution in [1.29, 1.82) is 0 Å². The second-order valence-electron chi connectivity index (χ2n) is 8.31. The molecular weight excluding hydrogens is 466 g/mol. The molecule has 1 aliphatic heterocycles. The van der Waals surface area contributed by atoms with Gasteiger partial charge in [-0.1, -0.05) is 24.2 Å². The van der Waals surface area contributed by atoms with E-state index in [2.05, 4.69) is 21.5 Å². The summed E-state index contributed by atoms with van der Waals surface area (Å²) >= 11 is 6.56. The molecule has 4 heterocycles. The van der Waals surface area contributed by atoms with Crippen LogP contribution in [0.15, 0.2) is 61.6 Å². The normalized spacial score (nSPS) is 15.8. The van der Waals surface area contributed by atoms with E-state index in [0.717, 1.165) is 24.2 Å². The molecule has 1 aliphatic rings. The van der Waals surface area contributed by atoms with Gasteiger partial charge in [0.15, 0.2) is 5.82 Å². The number of benzene rings is 1. The van der Waals surface area contributed by atoms with Crippen molar-refractivity contribution in [3.05, 3.63) is 78.0 Å². The molecule has 0 aliphatic carbocycles. The third kappa shape index (κ3) is 4.54. The van der Waals surface area contributed by atoms with Gasteiger partial charge in [0.1, 0.15) is 29.7 Å². The second kappa shape index (κ2) is 9.71. The summed E-state index contributed by atoms with van der Waals surface area (Å²) in [6.07, 6.45) is 6.25. The Balaban J connectivity index is 1.48. The first kappa shape index (κ1) is 22.8. The molecule has 0 spiro atoms. The van der Waals surface area contributed by atoms with Crippen molar-refractivity contribution >= 4 is 34.4 Å². The Bertz CT molecular complexity index is 1390. The van der Waals surface area contributed by atoms with Gasteiger partial charge in [-0.2, -0.15) is 5.10 Å². The highest BCUT2D eigenvalue weighted by atomic mass is 35.5. The highest BCUT2D eigenvalue weighted by Gasteiger charge is 2.29. The molecule has 1 saturated heterocycles. The summed E-state index contributed by atoms with van der Waals surface area (Å²) in [6.45, 7) is 5.16. The monoisotopic (exact) mass is 489 g/mol. The number of nitrogen functional groups attached to an aromatic ring is 1. The minimum atomic E-state index is -0.0827. The number of aromatic nitrogens is 5. The van der Waals surface area contributed by atoms with Crippen LogP contribution in [0.4, 0.5) is 5.82 Å². The smallest absolute Gasteiger partial charge is 0.245 e. The fourth-order valence-corrected chi connectivity index (χ4v) is 4.59. The van der Waals surface area contributed by atoms with Crippen LogP contribution in [0.1, 0.15) is 30.1 Å². The summed E-state index contributed by atoms with van der Waals surface area (Å²) < 4.78 is 7.56. The number of carbonyl (C=O) groups excluding carboxylic acids is 1. The lowest BCUT2D eigenvalue weighted by Crippen LogP contribution is -2.38. The van der Waals surface area contributed by atoms with Gasteiger partial charge >= 0.3 is 0 Å². The lowest BCUT2D eigenvalue weighted by molar-refractivity contribution is -0.127. The molecule has 35 heavy (non-hydrogen) atoms. The standard InChI is InChI=1S/C25H24ClN7O2/c1-2-21(34)32-11-5-6-16(13-32)22-23-24(25(27)30-15-29-23)33(31-22)18-8-9-20(19(26)12-18)35-14-17-7-3-4-10-28-17/h2-4,7-10,12,15-16H,1,5-6,11,13-14H2,(H2,27,29,30). The van der Waals surface area contributed by atoms with E-state index in [-0.39, 0.29) is 11.8 Å². The summed E-state index contributed by atoms with van der Waals surface area (Å²) in [7, 11) is 0. The summed E-state index contributed by atoms with van der Waals surface area (Å²) in [5.41, 5.74) is 9.82. The molecule has 1 aromatic carbocycles. The quantitative estimate of drug-likeness (QED) is 0.408. The number of fused-ring (bicyclic) bond motifs is 1. The predicted molar refractivity (Wildman–Crippen MR) is 133 cm³/mol. The first-order chi connectivity index (χ1) is 17.0. The molecule has 1 atom stereocenters. The molecule has 0 saturated carbocycles. The number of carbonyl (C=O) groups is 1. The van der Waals surface area contributed by atoms with Gasteiger partial charge in [-0.25, -0.2) is 14.6 Å². The number of ether oxygens (including phenoxy) is 1. The topological polar surface area (TPSA) is 112 Å². The maximum atomic E-state index is 12.2. The van der Waals surface area contributed by atoms with Gasteiger partial charge in [-0.15, -0.1) is 0 Å². The lowest BCUT2D eigenvalue weighted by Gasteiger charge is -2.31. The molecule has 1 amide bonds. The van der Waals surface area contributed by atoms with Crippen LogP contribution in [0.3, 0.4) is 0 Å². The Hall–Kier alpha value is -3.98. The Kier molecular flexibility index (Phi) is 6.33. The Morgan fingerprint density at radius 2 is 2.14 bits per heavy atom. The van der Waals surface area contributed by atoms with Crippen LogP contribution in [0, 0.1) is 0 Å². The lowest BCUT2D eigenvalue weighted by atomic mass is 9.94. The number of anilines is 1. The van der Waals surface area contributed by atoms with Gasteiger partial charge in [-0.3, -0.25) is 9.78 Å².